The van der Waals surface area contributed by atoms with Crippen molar-refractivity contribution in [3.05, 3.63) is 30.1 Å². The third-order valence-corrected chi connectivity index (χ3v) is 5.90. The zero-order chi connectivity index (χ0) is 15.5. The van der Waals surface area contributed by atoms with Gasteiger partial charge in [-0.05, 0) is 61.8 Å². The molecule has 2 aliphatic rings. The molecule has 23 heavy (non-hydrogen) atoms. The summed E-state index contributed by atoms with van der Waals surface area (Å²) in [5.41, 5.74) is 6.12. The molecule has 2 fully saturated rings. The Labute approximate surface area is 147 Å². The minimum Gasteiger partial charge on any atom is -0.352 e. The molecule has 2 saturated carbocycles. The SMILES string of the molecule is Cl.NC1CC2CCCC(C1)C2NC(=O)CSc1ccc(F)cc1. The van der Waals surface area contributed by atoms with Crippen LogP contribution in [0.2, 0.25) is 0 Å². The second-order valence-electron chi connectivity index (χ2n) is 6.52. The van der Waals surface area contributed by atoms with E-state index in [9.17, 15) is 9.18 Å². The Morgan fingerprint density at radius 2 is 1.83 bits per heavy atom. The Bertz CT molecular complexity index is 514. The zero-order valence-electron chi connectivity index (χ0n) is 13.0. The molecular formula is C17H24ClFN2OS. The van der Waals surface area contributed by atoms with Crippen molar-refractivity contribution < 1.29 is 9.18 Å². The summed E-state index contributed by atoms with van der Waals surface area (Å²) in [5.74, 6) is 1.30. The maximum atomic E-state index is 12.9. The van der Waals surface area contributed by atoms with Gasteiger partial charge in [0.2, 0.25) is 5.91 Å². The van der Waals surface area contributed by atoms with Crippen molar-refractivity contribution >= 4 is 30.1 Å². The van der Waals surface area contributed by atoms with Crippen molar-refractivity contribution in [3.8, 4) is 0 Å². The number of nitrogens with one attached hydrogen (secondary N) is 1. The van der Waals surface area contributed by atoms with Crippen LogP contribution in [0.1, 0.15) is 32.1 Å². The molecule has 3 N–H and O–H groups in total. The first-order valence-corrected chi connectivity index (χ1v) is 9.03. The van der Waals surface area contributed by atoms with Crippen molar-refractivity contribution in [2.24, 2.45) is 17.6 Å². The van der Waals surface area contributed by atoms with E-state index < -0.39 is 0 Å². The molecular weight excluding hydrogens is 335 g/mol. The fourth-order valence-corrected chi connectivity index (χ4v) is 4.64. The lowest BCUT2D eigenvalue weighted by atomic mass is 9.67. The van der Waals surface area contributed by atoms with Gasteiger partial charge in [0.25, 0.3) is 0 Å². The van der Waals surface area contributed by atoms with Crippen LogP contribution in [-0.4, -0.2) is 23.7 Å². The van der Waals surface area contributed by atoms with Gasteiger partial charge in [-0.1, -0.05) is 6.42 Å². The topological polar surface area (TPSA) is 55.1 Å². The quantitative estimate of drug-likeness (QED) is 0.811. The maximum Gasteiger partial charge on any atom is 0.230 e. The van der Waals surface area contributed by atoms with Gasteiger partial charge in [0.05, 0.1) is 5.75 Å². The summed E-state index contributed by atoms with van der Waals surface area (Å²) in [4.78, 5) is 13.1. The van der Waals surface area contributed by atoms with E-state index in [0.717, 1.165) is 17.7 Å². The molecule has 0 saturated heterocycles. The average molecular weight is 359 g/mol. The predicted octanol–water partition coefficient (Wildman–Crippen LogP) is 3.36. The Morgan fingerprint density at radius 1 is 1.22 bits per heavy atom. The van der Waals surface area contributed by atoms with Crippen LogP contribution in [0, 0.1) is 17.7 Å². The molecule has 0 heterocycles. The molecule has 0 spiro atoms. The molecule has 1 amide bonds. The van der Waals surface area contributed by atoms with E-state index in [2.05, 4.69) is 5.32 Å². The van der Waals surface area contributed by atoms with E-state index in [1.54, 1.807) is 12.1 Å². The molecule has 2 unspecified atom stereocenters. The Morgan fingerprint density at radius 3 is 2.43 bits per heavy atom. The molecule has 1 aromatic carbocycles. The van der Waals surface area contributed by atoms with Gasteiger partial charge in [-0.2, -0.15) is 0 Å². The first-order chi connectivity index (χ1) is 10.6. The monoisotopic (exact) mass is 358 g/mol. The number of halogens is 2. The second-order valence-corrected chi connectivity index (χ2v) is 7.57. The van der Waals surface area contributed by atoms with Crippen LogP contribution >= 0.6 is 24.2 Å². The lowest BCUT2D eigenvalue weighted by molar-refractivity contribution is -0.120. The van der Waals surface area contributed by atoms with Crippen molar-refractivity contribution in [2.45, 2.75) is 49.1 Å². The molecule has 6 heteroatoms. The number of benzene rings is 1. The fourth-order valence-electron chi connectivity index (χ4n) is 3.93. The van der Waals surface area contributed by atoms with Crippen molar-refractivity contribution in [1.82, 2.24) is 5.32 Å². The molecule has 2 atom stereocenters. The van der Waals surface area contributed by atoms with Gasteiger partial charge < -0.3 is 11.1 Å². The van der Waals surface area contributed by atoms with Gasteiger partial charge >= 0.3 is 0 Å². The van der Waals surface area contributed by atoms with E-state index in [1.807, 2.05) is 0 Å². The summed E-state index contributed by atoms with van der Waals surface area (Å²) in [6, 6.07) is 6.87. The number of amides is 1. The number of hydrogen-bond acceptors (Lipinski definition) is 3. The van der Waals surface area contributed by atoms with E-state index in [0.29, 0.717) is 29.7 Å². The number of hydrogen-bond donors (Lipinski definition) is 2. The minimum atomic E-state index is -0.250. The Kier molecular flexibility index (Phi) is 6.74. The van der Waals surface area contributed by atoms with Gasteiger partial charge in [-0.3, -0.25) is 4.79 Å². The van der Waals surface area contributed by atoms with Crippen LogP contribution in [0.4, 0.5) is 4.39 Å². The van der Waals surface area contributed by atoms with Gasteiger partial charge in [-0.15, -0.1) is 24.2 Å². The fraction of sp³-hybridized carbons (Fsp3) is 0.588. The van der Waals surface area contributed by atoms with Crippen LogP contribution < -0.4 is 11.1 Å². The Balaban J connectivity index is 0.00000192. The molecule has 3 nitrogen and oxygen atoms in total. The summed E-state index contributed by atoms with van der Waals surface area (Å²) in [6.07, 6.45) is 5.69. The summed E-state index contributed by atoms with van der Waals surface area (Å²) in [6.45, 7) is 0. The lowest BCUT2D eigenvalue weighted by Gasteiger charge is -2.45. The third-order valence-electron chi connectivity index (χ3n) is 4.89. The van der Waals surface area contributed by atoms with E-state index in [4.69, 9.17) is 5.73 Å². The van der Waals surface area contributed by atoms with Gasteiger partial charge in [0, 0.05) is 17.0 Å². The second kappa shape index (κ2) is 8.36. The third kappa shape index (κ3) is 4.85. The first-order valence-electron chi connectivity index (χ1n) is 8.05. The minimum absolute atomic E-state index is 0. The highest BCUT2D eigenvalue weighted by Crippen LogP contribution is 2.39. The van der Waals surface area contributed by atoms with Crippen LogP contribution in [0.15, 0.2) is 29.2 Å². The highest BCUT2D eigenvalue weighted by molar-refractivity contribution is 8.00. The molecule has 3 rings (SSSR count). The van der Waals surface area contributed by atoms with Crippen molar-refractivity contribution in [1.29, 1.82) is 0 Å². The highest BCUT2D eigenvalue weighted by atomic mass is 35.5. The number of nitrogens with two attached hydrogens (primary N) is 1. The lowest BCUT2D eigenvalue weighted by Crippen LogP contribution is -2.54. The molecule has 1 aromatic rings. The number of thioether (sulfide) groups is 1. The van der Waals surface area contributed by atoms with Gasteiger partial charge in [0.15, 0.2) is 0 Å². The first kappa shape index (κ1) is 18.6. The van der Waals surface area contributed by atoms with Crippen molar-refractivity contribution in [2.75, 3.05) is 5.75 Å². The number of rotatable bonds is 4. The van der Waals surface area contributed by atoms with Crippen LogP contribution in [-0.2, 0) is 4.79 Å². The summed E-state index contributed by atoms with van der Waals surface area (Å²) in [7, 11) is 0. The van der Waals surface area contributed by atoms with E-state index in [1.165, 1.54) is 43.2 Å². The van der Waals surface area contributed by atoms with E-state index in [-0.39, 0.29) is 24.1 Å². The molecule has 2 aliphatic carbocycles. The summed E-state index contributed by atoms with van der Waals surface area (Å²) < 4.78 is 12.9. The highest BCUT2D eigenvalue weighted by Gasteiger charge is 2.39. The van der Waals surface area contributed by atoms with E-state index >= 15 is 0 Å². The zero-order valence-corrected chi connectivity index (χ0v) is 14.7. The molecule has 0 aliphatic heterocycles. The van der Waals surface area contributed by atoms with Gasteiger partial charge in [0.1, 0.15) is 5.82 Å². The maximum absolute atomic E-state index is 12.9. The van der Waals surface area contributed by atoms with Crippen LogP contribution in [0.3, 0.4) is 0 Å². The number of fused-ring (bicyclic) bond motifs is 2. The number of carbonyl (C=O) groups is 1. The summed E-state index contributed by atoms with van der Waals surface area (Å²) >= 11 is 1.45. The summed E-state index contributed by atoms with van der Waals surface area (Å²) in [5, 5.41) is 3.23. The number of carbonyl (C=O) groups excluding carboxylic acids is 1. The average Bonchev–Trinajstić information content (AvgIpc) is 2.48. The van der Waals surface area contributed by atoms with Crippen LogP contribution in [0.5, 0.6) is 0 Å². The predicted molar refractivity (Wildman–Crippen MR) is 94.3 cm³/mol. The van der Waals surface area contributed by atoms with Crippen LogP contribution in [0.25, 0.3) is 0 Å². The normalized spacial score (nSPS) is 29.5. The molecule has 0 radical (unpaired) electrons. The Hall–Kier alpha value is -0.780. The van der Waals surface area contributed by atoms with Gasteiger partial charge in [-0.25, -0.2) is 4.39 Å². The molecule has 2 bridgehead atoms. The molecule has 128 valence electrons. The largest absolute Gasteiger partial charge is 0.352 e. The molecule has 0 aromatic heterocycles. The standard InChI is InChI=1S/C17H23FN2OS.ClH/c18-13-4-6-15(7-5-13)22-10-16(21)20-17-11-2-1-3-12(17)9-14(19)8-11;/h4-7,11-12,14,17H,1-3,8-10,19H2,(H,20,21);1H. The van der Waals surface area contributed by atoms with Crippen molar-refractivity contribution in [3.63, 3.8) is 0 Å². The smallest absolute Gasteiger partial charge is 0.230 e.